The molecule has 0 spiro atoms. The Balaban J connectivity index is 1.33. The van der Waals surface area contributed by atoms with Crippen molar-refractivity contribution in [2.24, 2.45) is 5.92 Å². The summed E-state index contributed by atoms with van der Waals surface area (Å²) in [6.45, 7) is 0. The van der Waals surface area contributed by atoms with Crippen LogP contribution in [0, 0.1) is 11.7 Å². The van der Waals surface area contributed by atoms with E-state index in [-0.39, 0.29) is 29.5 Å². The minimum atomic E-state index is -0.408. The van der Waals surface area contributed by atoms with Crippen molar-refractivity contribution in [2.75, 3.05) is 18.2 Å². The van der Waals surface area contributed by atoms with Crippen LogP contribution in [0.15, 0.2) is 54.9 Å². The van der Waals surface area contributed by atoms with Gasteiger partial charge in [-0.1, -0.05) is 18.2 Å². The largest absolute Gasteiger partial charge is 0.497 e. The van der Waals surface area contributed by atoms with Gasteiger partial charge in [-0.3, -0.25) is 4.79 Å². The van der Waals surface area contributed by atoms with E-state index >= 15 is 0 Å². The van der Waals surface area contributed by atoms with Gasteiger partial charge in [0.15, 0.2) is 17.3 Å². The van der Waals surface area contributed by atoms with E-state index in [0.717, 1.165) is 31.4 Å². The van der Waals surface area contributed by atoms with E-state index in [4.69, 9.17) is 10.5 Å². The highest BCUT2D eigenvalue weighted by Gasteiger charge is 2.29. The molecular formula is C25H25FN6O2. The van der Waals surface area contributed by atoms with Gasteiger partial charge in [0.05, 0.1) is 19.0 Å². The van der Waals surface area contributed by atoms with Crippen molar-refractivity contribution >= 4 is 28.6 Å². The number of amides is 1. The number of imidazole rings is 1. The Bertz CT molecular complexity index is 1350. The molecule has 4 aromatic rings. The molecule has 34 heavy (non-hydrogen) atoms. The van der Waals surface area contributed by atoms with Gasteiger partial charge in [-0.05, 0) is 49.9 Å². The first kappa shape index (κ1) is 21.8. The van der Waals surface area contributed by atoms with E-state index in [1.165, 1.54) is 6.07 Å². The number of benzene rings is 2. The first-order valence-corrected chi connectivity index (χ1v) is 11.2. The molecule has 5 rings (SSSR count). The fourth-order valence-corrected chi connectivity index (χ4v) is 4.53. The third-order valence-corrected chi connectivity index (χ3v) is 6.36. The van der Waals surface area contributed by atoms with Crippen LogP contribution < -0.4 is 15.8 Å². The summed E-state index contributed by atoms with van der Waals surface area (Å²) in [5.74, 6) is 0.672. The lowest BCUT2D eigenvalue weighted by Gasteiger charge is -2.28. The molecule has 9 heteroatoms. The molecule has 2 aromatic heterocycles. The fraction of sp³-hybridized carbons (Fsp3) is 0.280. The van der Waals surface area contributed by atoms with Crippen LogP contribution in [0.5, 0.6) is 5.75 Å². The van der Waals surface area contributed by atoms with Crippen molar-refractivity contribution in [1.82, 2.24) is 19.5 Å². The lowest BCUT2D eigenvalue weighted by atomic mass is 9.85. The molecule has 0 atom stereocenters. The number of anilines is 2. The van der Waals surface area contributed by atoms with E-state index in [0.29, 0.717) is 22.5 Å². The number of nitrogens with zero attached hydrogens (tertiary/aromatic N) is 4. The number of nitrogens with one attached hydrogen (secondary N) is 1. The van der Waals surface area contributed by atoms with Gasteiger partial charge in [0.1, 0.15) is 17.1 Å². The van der Waals surface area contributed by atoms with Crippen molar-refractivity contribution in [3.05, 3.63) is 60.7 Å². The zero-order chi connectivity index (χ0) is 23.7. The maximum atomic E-state index is 14.3. The number of methoxy groups -OCH3 is 1. The molecule has 0 saturated heterocycles. The number of rotatable bonds is 5. The molecule has 0 aliphatic heterocycles. The fourth-order valence-electron chi connectivity index (χ4n) is 4.53. The van der Waals surface area contributed by atoms with E-state index < -0.39 is 5.82 Å². The zero-order valence-corrected chi connectivity index (χ0v) is 18.7. The quantitative estimate of drug-likeness (QED) is 0.451. The van der Waals surface area contributed by atoms with Gasteiger partial charge in [-0.2, -0.15) is 0 Å². The number of ether oxygens (including phenoxy) is 1. The van der Waals surface area contributed by atoms with Gasteiger partial charge in [0.2, 0.25) is 5.91 Å². The lowest BCUT2D eigenvalue weighted by molar-refractivity contribution is -0.120. The maximum Gasteiger partial charge on any atom is 0.227 e. The van der Waals surface area contributed by atoms with Gasteiger partial charge >= 0.3 is 0 Å². The summed E-state index contributed by atoms with van der Waals surface area (Å²) in [6.07, 6.45) is 4.77. The van der Waals surface area contributed by atoms with Crippen molar-refractivity contribution < 1.29 is 13.9 Å². The number of fused-ring (bicyclic) bond motifs is 1. The molecule has 1 fully saturated rings. The second kappa shape index (κ2) is 9.09. The summed E-state index contributed by atoms with van der Waals surface area (Å²) in [4.78, 5) is 26.1. The number of aromatic nitrogens is 4. The normalized spacial score (nSPS) is 18.1. The minimum absolute atomic E-state index is 0.00982. The highest BCUT2D eigenvalue weighted by Crippen LogP contribution is 2.35. The molecular weight excluding hydrogens is 435 g/mol. The summed E-state index contributed by atoms with van der Waals surface area (Å²) in [7, 11) is 1.60. The number of hydrogen-bond acceptors (Lipinski definition) is 6. The number of hydrogen-bond donors (Lipinski definition) is 2. The third-order valence-electron chi connectivity index (χ3n) is 6.36. The van der Waals surface area contributed by atoms with E-state index in [9.17, 15) is 9.18 Å². The summed E-state index contributed by atoms with van der Waals surface area (Å²) in [6, 6.07) is 13.8. The number of halogens is 1. The Morgan fingerprint density at radius 2 is 1.91 bits per heavy atom. The van der Waals surface area contributed by atoms with Crippen LogP contribution in [0.4, 0.5) is 15.9 Å². The van der Waals surface area contributed by atoms with Crippen molar-refractivity contribution in [3.8, 4) is 17.1 Å². The Kier molecular flexibility index (Phi) is 5.83. The number of nitrogen functional groups attached to an aromatic ring is 1. The molecule has 0 bridgehead atoms. The molecule has 174 valence electrons. The second-order valence-corrected chi connectivity index (χ2v) is 8.46. The average Bonchev–Trinajstić information content (AvgIpc) is 3.29. The smallest absolute Gasteiger partial charge is 0.227 e. The predicted molar refractivity (Wildman–Crippen MR) is 128 cm³/mol. The molecule has 0 unspecified atom stereocenters. The Labute approximate surface area is 196 Å². The monoisotopic (exact) mass is 460 g/mol. The summed E-state index contributed by atoms with van der Waals surface area (Å²) in [5, 5.41) is 2.99. The molecule has 2 aromatic carbocycles. The molecule has 2 heterocycles. The molecule has 0 radical (unpaired) electrons. The predicted octanol–water partition coefficient (Wildman–Crippen LogP) is 4.59. The van der Waals surface area contributed by atoms with Crippen LogP contribution in [0.1, 0.15) is 31.7 Å². The summed E-state index contributed by atoms with van der Waals surface area (Å²) < 4.78 is 21.5. The lowest BCUT2D eigenvalue weighted by Crippen LogP contribution is -2.28. The Morgan fingerprint density at radius 3 is 2.68 bits per heavy atom. The third kappa shape index (κ3) is 4.16. The van der Waals surface area contributed by atoms with Gasteiger partial charge in [0.25, 0.3) is 0 Å². The van der Waals surface area contributed by atoms with Crippen LogP contribution in [-0.2, 0) is 4.79 Å². The van der Waals surface area contributed by atoms with Gasteiger partial charge in [-0.15, -0.1) is 0 Å². The van der Waals surface area contributed by atoms with Crippen LogP contribution >= 0.6 is 0 Å². The van der Waals surface area contributed by atoms with Gasteiger partial charge in [-0.25, -0.2) is 19.3 Å². The van der Waals surface area contributed by atoms with Crippen LogP contribution in [-0.4, -0.2) is 32.5 Å². The highest BCUT2D eigenvalue weighted by atomic mass is 19.1. The Hall–Kier alpha value is -4.01. The summed E-state index contributed by atoms with van der Waals surface area (Å²) in [5.41, 5.74) is 8.22. The molecule has 3 N–H and O–H groups in total. The van der Waals surface area contributed by atoms with Crippen LogP contribution in [0.3, 0.4) is 0 Å². The molecule has 1 amide bonds. The van der Waals surface area contributed by atoms with E-state index in [2.05, 4.69) is 20.3 Å². The van der Waals surface area contributed by atoms with Crippen molar-refractivity contribution in [3.63, 3.8) is 0 Å². The standard InChI is InChI=1S/C25H25FN6O2/c1-34-18-6-4-5-16(13-18)29-25(33)15-9-11-17(12-10-15)32-14-28-21-22(27)30-23(31-24(21)32)19-7-2-3-8-20(19)26/h2-8,13-15,17H,9-12H2,1H3,(H,29,33)(H2,27,30,31). The summed E-state index contributed by atoms with van der Waals surface area (Å²) >= 11 is 0. The average molecular weight is 461 g/mol. The number of nitrogens with two attached hydrogens (primary N) is 1. The van der Waals surface area contributed by atoms with Crippen molar-refractivity contribution in [2.45, 2.75) is 31.7 Å². The molecule has 1 aliphatic carbocycles. The van der Waals surface area contributed by atoms with E-state index in [1.807, 2.05) is 22.8 Å². The zero-order valence-electron chi connectivity index (χ0n) is 18.7. The number of carbonyl (C=O) groups excluding carboxylic acids is 1. The molecule has 8 nitrogen and oxygen atoms in total. The van der Waals surface area contributed by atoms with Gasteiger partial charge < -0.3 is 20.4 Å². The van der Waals surface area contributed by atoms with Crippen LogP contribution in [0.2, 0.25) is 0 Å². The SMILES string of the molecule is COc1cccc(NC(=O)C2CCC(n3cnc4c(N)nc(-c5ccccc5F)nc43)CC2)c1. The highest BCUT2D eigenvalue weighted by molar-refractivity contribution is 5.92. The number of carbonyl (C=O) groups is 1. The minimum Gasteiger partial charge on any atom is -0.497 e. The topological polar surface area (TPSA) is 108 Å². The maximum absolute atomic E-state index is 14.3. The molecule has 1 aliphatic rings. The Morgan fingerprint density at radius 1 is 1.12 bits per heavy atom. The first-order valence-electron chi connectivity index (χ1n) is 11.2. The van der Waals surface area contributed by atoms with Crippen LogP contribution in [0.25, 0.3) is 22.6 Å². The first-order chi connectivity index (χ1) is 16.5. The van der Waals surface area contributed by atoms with E-state index in [1.54, 1.807) is 37.7 Å². The van der Waals surface area contributed by atoms with Gasteiger partial charge in [0, 0.05) is 23.7 Å². The van der Waals surface area contributed by atoms with Crippen molar-refractivity contribution in [1.29, 1.82) is 0 Å². The second-order valence-electron chi connectivity index (χ2n) is 8.46. The molecule has 1 saturated carbocycles.